The van der Waals surface area contributed by atoms with Crippen molar-refractivity contribution >= 4 is 34.7 Å². The van der Waals surface area contributed by atoms with Crippen LogP contribution in [0.4, 0.5) is 0 Å². The van der Waals surface area contributed by atoms with Gasteiger partial charge in [-0.15, -0.1) is 0 Å². The average Bonchev–Trinajstić information content (AvgIpc) is 2.56. The normalized spacial score (nSPS) is 10.4. The fraction of sp³-hybridized carbons (Fsp3) is 0.483. The molecule has 2 rings (SSSR count). The fourth-order valence-corrected chi connectivity index (χ4v) is 3.33. The molecule has 2 N–H and O–H groups in total. The maximum Gasteiger partial charge on any atom is 3.00 e. The molecule has 0 radical (unpaired) electrons. The first-order valence-electron chi connectivity index (χ1n) is 10.6. The number of benzene rings is 2. The summed E-state index contributed by atoms with van der Waals surface area (Å²) in [5, 5.41) is 20.3. The molecule has 192 valence electrons. The Morgan fingerprint density at radius 3 is 1.03 bits per heavy atom. The minimum Gasteiger partial charge on any atom is -0.507 e. The van der Waals surface area contributed by atoms with Crippen molar-refractivity contribution in [1.29, 1.82) is 0 Å². The Labute approximate surface area is 240 Å². The molecule has 0 saturated carbocycles. The summed E-state index contributed by atoms with van der Waals surface area (Å²) in [6, 6.07) is 12.0. The molecule has 0 aromatic heterocycles. The minimum atomic E-state index is -0.00753. The van der Waals surface area contributed by atoms with E-state index < -0.39 is 0 Å². The summed E-state index contributed by atoms with van der Waals surface area (Å²) in [5.41, 5.74) is 4.00. The van der Waals surface area contributed by atoms with Gasteiger partial charge in [-0.1, -0.05) is 77.9 Å². The Balaban J connectivity index is -0.000000150. The largest absolute Gasteiger partial charge is 3.00 e. The second-order valence-electron chi connectivity index (χ2n) is 10.6. The number of para-hydroxylation sites is 2. The first kappa shape index (κ1) is 44.0. The number of phenolic OH excluding ortho intramolecular Hbond substituents is 2. The molecule has 0 aliphatic rings. The minimum absolute atomic E-state index is 0. The van der Waals surface area contributed by atoms with E-state index in [0.717, 1.165) is 35.3 Å². The molecule has 0 saturated heterocycles. The van der Waals surface area contributed by atoms with Gasteiger partial charge >= 0.3 is 34.7 Å². The molecule has 0 fully saturated rings. The summed E-state index contributed by atoms with van der Waals surface area (Å²) in [4.78, 5) is 4.11. The molecule has 0 atom stereocenters. The molecule has 0 amide bonds. The van der Waals surface area contributed by atoms with Crippen LogP contribution in [0.1, 0.15) is 63.8 Å². The van der Waals surface area contributed by atoms with E-state index in [1.165, 1.54) is 0 Å². The van der Waals surface area contributed by atoms with Crippen LogP contribution >= 0.6 is 0 Å². The number of aromatic hydroxyl groups is 2. The van der Waals surface area contributed by atoms with Crippen LogP contribution in [0, 0.1) is 22.3 Å². The van der Waals surface area contributed by atoms with Gasteiger partial charge < -0.3 is 42.3 Å². The van der Waals surface area contributed by atoms with Gasteiger partial charge in [0.1, 0.15) is 11.5 Å². The standard InChI is InChI=1S/2C13H21NO.3CH3.2Al/c2*1-13(2,3)11-8-6-7-10(12(11)15)9-14(4)5;;;;;/h2*6-8,15H,9H2,1-5H3;3*1H3;;/q;;3*-1;2*+3. The molecular formula is C29H51Al2N2O2+3. The van der Waals surface area contributed by atoms with Crippen LogP contribution in [0.15, 0.2) is 36.4 Å². The Kier molecular flexibility index (Phi) is 23.0. The van der Waals surface area contributed by atoms with E-state index in [2.05, 4.69) is 51.3 Å². The van der Waals surface area contributed by atoms with Crippen molar-refractivity contribution in [2.45, 2.75) is 65.5 Å². The molecular weight excluding hydrogens is 462 g/mol. The van der Waals surface area contributed by atoms with Crippen molar-refractivity contribution in [2.75, 3.05) is 28.2 Å². The van der Waals surface area contributed by atoms with Crippen LogP contribution in [0.3, 0.4) is 0 Å². The van der Waals surface area contributed by atoms with Gasteiger partial charge in [0.05, 0.1) is 0 Å². The van der Waals surface area contributed by atoms with E-state index in [-0.39, 0.29) is 67.8 Å². The molecule has 0 unspecified atom stereocenters. The van der Waals surface area contributed by atoms with E-state index in [9.17, 15) is 10.2 Å². The van der Waals surface area contributed by atoms with Crippen molar-refractivity contribution in [3.05, 3.63) is 80.9 Å². The van der Waals surface area contributed by atoms with Crippen LogP contribution in [0.2, 0.25) is 0 Å². The summed E-state index contributed by atoms with van der Waals surface area (Å²) in [7, 11) is 8.01. The van der Waals surface area contributed by atoms with Gasteiger partial charge in [-0.2, -0.15) is 0 Å². The summed E-state index contributed by atoms with van der Waals surface area (Å²) < 4.78 is 0. The van der Waals surface area contributed by atoms with Crippen LogP contribution in [0.25, 0.3) is 0 Å². The van der Waals surface area contributed by atoms with Gasteiger partial charge in [0.25, 0.3) is 0 Å². The number of nitrogens with zero attached hydrogens (tertiary/aromatic N) is 2. The fourth-order valence-electron chi connectivity index (χ4n) is 3.33. The molecule has 0 spiro atoms. The Bertz CT molecular complexity index is 755. The topological polar surface area (TPSA) is 46.9 Å². The molecule has 35 heavy (non-hydrogen) atoms. The van der Waals surface area contributed by atoms with Crippen LogP contribution in [-0.4, -0.2) is 82.9 Å². The van der Waals surface area contributed by atoms with E-state index in [0.29, 0.717) is 11.5 Å². The SMILES string of the molecule is CN(C)Cc1cccc(C(C)(C)C)c1O.CN(C)Cc1cccc(C(C)(C)C)c1O.[Al+3].[Al+3].[CH3-].[CH3-].[CH3-]. The van der Waals surface area contributed by atoms with Crippen LogP contribution in [-0.2, 0) is 23.9 Å². The zero-order chi connectivity index (χ0) is 23.3. The maximum atomic E-state index is 10.1. The molecule has 0 aliphatic heterocycles. The molecule has 0 bridgehead atoms. The Morgan fingerprint density at radius 2 is 0.829 bits per heavy atom. The van der Waals surface area contributed by atoms with Crippen molar-refractivity contribution in [2.24, 2.45) is 0 Å². The van der Waals surface area contributed by atoms with Crippen LogP contribution < -0.4 is 0 Å². The van der Waals surface area contributed by atoms with Gasteiger partial charge in [0.2, 0.25) is 0 Å². The molecule has 0 aliphatic carbocycles. The van der Waals surface area contributed by atoms with Gasteiger partial charge in [-0.05, 0) is 50.1 Å². The van der Waals surface area contributed by atoms with Gasteiger partial charge in [0.15, 0.2) is 0 Å². The first-order chi connectivity index (χ1) is 13.6. The maximum absolute atomic E-state index is 10.1. The summed E-state index contributed by atoms with van der Waals surface area (Å²) in [5.74, 6) is 0.886. The third-order valence-corrected chi connectivity index (χ3v) is 4.83. The average molecular weight is 514 g/mol. The molecule has 4 nitrogen and oxygen atoms in total. The van der Waals surface area contributed by atoms with Crippen LogP contribution in [0.5, 0.6) is 11.5 Å². The number of hydrogen-bond donors (Lipinski definition) is 2. The van der Waals surface area contributed by atoms with Crippen molar-refractivity contribution in [3.63, 3.8) is 0 Å². The first-order valence-corrected chi connectivity index (χ1v) is 10.6. The molecule has 2 aromatic carbocycles. The van der Waals surface area contributed by atoms with E-state index in [4.69, 9.17) is 0 Å². The Morgan fingerprint density at radius 1 is 0.571 bits per heavy atom. The quantitative estimate of drug-likeness (QED) is 0.384. The summed E-state index contributed by atoms with van der Waals surface area (Å²) in [6.07, 6.45) is 0. The summed E-state index contributed by atoms with van der Waals surface area (Å²) >= 11 is 0. The van der Waals surface area contributed by atoms with Crippen molar-refractivity contribution < 1.29 is 10.2 Å². The predicted octanol–water partition coefficient (Wildman–Crippen LogP) is 6.09. The third-order valence-electron chi connectivity index (χ3n) is 4.83. The number of rotatable bonds is 4. The molecule has 2 aromatic rings. The van der Waals surface area contributed by atoms with Gasteiger partial charge in [-0.3, -0.25) is 0 Å². The van der Waals surface area contributed by atoms with Gasteiger partial charge in [-0.25, -0.2) is 0 Å². The number of hydrogen-bond acceptors (Lipinski definition) is 4. The molecule has 0 heterocycles. The third kappa shape index (κ3) is 14.4. The smallest absolute Gasteiger partial charge is 0.507 e. The monoisotopic (exact) mass is 513 g/mol. The van der Waals surface area contributed by atoms with E-state index in [1.807, 2.05) is 64.6 Å². The zero-order valence-corrected chi connectivity index (χ0v) is 27.1. The zero-order valence-electron chi connectivity index (χ0n) is 24.8. The van der Waals surface area contributed by atoms with Crippen molar-refractivity contribution in [1.82, 2.24) is 9.80 Å². The Hall–Kier alpha value is -0.975. The predicted molar refractivity (Wildman–Crippen MR) is 159 cm³/mol. The second kappa shape index (κ2) is 18.3. The van der Waals surface area contributed by atoms with Gasteiger partial charge in [0, 0.05) is 24.2 Å². The molecule has 6 heteroatoms. The van der Waals surface area contributed by atoms with E-state index in [1.54, 1.807) is 0 Å². The number of phenols is 2. The van der Waals surface area contributed by atoms with Crippen molar-refractivity contribution in [3.8, 4) is 11.5 Å². The van der Waals surface area contributed by atoms with E-state index >= 15 is 0 Å². The second-order valence-corrected chi connectivity index (χ2v) is 10.6. The summed E-state index contributed by atoms with van der Waals surface area (Å²) in [6.45, 7) is 14.2.